The zero-order valence-electron chi connectivity index (χ0n) is 13.6. The molecule has 24 heavy (non-hydrogen) atoms. The second-order valence-corrected chi connectivity index (χ2v) is 6.41. The zero-order chi connectivity index (χ0) is 17.1. The highest BCUT2D eigenvalue weighted by molar-refractivity contribution is 8.18. The quantitative estimate of drug-likeness (QED) is 0.848. The van der Waals surface area contributed by atoms with Crippen LogP contribution in [0.15, 0.2) is 58.4 Å². The number of likely N-dealkylation sites (N-methyl/N-ethyl adjacent to an activating group) is 1. The van der Waals surface area contributed by atoms with Crippen LogP contribution in [0.5, 0.6) is 5.75 Å². The number of rotatable bonds is 3. The number of carbonyl (C=O) groups excluding carboxylic acids is 1. The first-order valence-corrected chi connectivity index (χ1v) is 8.55. The first-order chi connectivity index (χ1) is 11.6. The number of carbonyl (C=O) groups is 1. The molecule has 0 radical (unpaired) electrons. The van der Waals surface area contributed by atoms with Gasteiger partial charge in [-0.1, -0.05) is 36.4 Å². The van der Waals surface area contributed by atoms with E-state index < -0.39 is 0 Å². The summed E-state index contributed by atoms with van der Waals surface area (Å²) >= 11 is 1.33. The molecule has 0 spiro atoms. The van der Waals surface area contributed by atoms with Crippen molar-refractivity contribution >= 4 is 34.6 Å². The molecule has 1 amide bonds. The predicted molar refractivity (Wildman–Crippen MR) is 99.3 cm³/mol. The molecule has 1 fully saturated rings. The number of thioether (sulfide) groups is 1. The molecule has 0 bridgehead atoms. The largest absolute Gasteiger partial charge is 0.507 e. The number of amides is 1. The van der Waals surface area contributed by atoms with Gasteiger partial charge >= 0.3 is 0 Å². The number of nitrogens with zero attached hydrogens (tertiary/aromatic N) is 2. The Hall–Kier alpha value is -2.53. The topological polar surface area (TPSA) is 52.9 Å². The summed E-state index contributed by atoms with van der Waals surface area (Å²) in [5.41, 5.74) is 2.55. The summed E-state index contributed by atoms with van der Waals surface area (Å²) in [4.78, 5) is 19.5. The molecule has 1 saturated heterocycles. The summed E-state index contributed by atoms with van der Waals surface area (Å²) in [7, 11) is 0. The van der Waals surface area contributed by atoms with Gasteiger partial charge in [0.05, 0.1) is 10.6 Å². The van der Waals surface area contributed by atoms with Gasteiger partial charge in [-0.15, -0.1) is 0 Å². The van der Waals surface area contributed by atoms with E-state index in [2.05, 4.69) is 4.99 Å². The SMILES string of the molecule is CCN1C(=O)/C(=C\c2ccccc2O)SC1=Nc1ccccc1C. The predicted octanol–water partition coefficient (Wildman–Crippen LogP) is 4.32. The number of phenols is 1. The van der Waals surface area contributed by atoms with E-state index in [0.29, 0.717) is 22.2 Å². The monoisotopic (exact) mass is 338 g/mol. The van der Waals surface area contributed by atoms with Crippen molar-refractivity contribution in [1.82, 2.24) is 4.90 Å². The third-order valence-electron chi connectivity index (χ3n) is 3.76. The Kier molecular flexibility index (Phi) is 4.71. The molecule has 1 heterocycles. The maximum absolute atomic E-state index is 12.6. The van der Waals surface area contributed by atoms with Crippen molar-refractivity contribution in [2.75, 3.05) is 6.54 Å². The average molecular weight is 338 g/mol. The van der Waals surface area contributed by atoms with Gasteiger partial charge in [-0.05, 0) is 49.4 Å². The van der Waals surface area contributed by atoms with Crippen LogP contribution >= 0.6 is 11.8 Å². The first kappa shape index (κ1) is 16.3. The van der Waals surface area contributed by atoms with Crippen molar-refractivity contribution in [2.24, 2.45) is 4.99 Å². The third-order valence-corrected chi connectivity index (χ3v) is 4.77. The number of aliphatic imine (C=N–C) groups is 1. The Bertz CT molecular complexity index is 843. The van der Waals surface area contributed by atoms with E-state index in [-0.39, 0.29) is 11.7 Å². The molecule has 4 nitrogen and oxygen atoms in total. The summed E-state index contributed by atoms with van der Waals surface area (Å²) in [6.07, 6.45) is 1.71. The number of para-hydroxylation sites is 2. The minimum Gasteiger partial charge on any atom is -0.507 e. The molecule has 1 N–H and O–H groups in total. The lowest BCUT2D eigenvalue weighted by molar-refractivity contribution is -0.122. The number of benzene rings is 2. The van der Waals surface area contributed by atoms with E-state index in [0.717, 1.165) is 11.3 Å². The van der Waals surface area contributed by atoms with Gasteiger partial charge in [0.2, 0.25) is 0 Å². The van der Waals surface area contributed by atoms with Crippen molar-refractivity contribution in [2.45, 2.75) is 13.8 Å². The number of hydrogen-bond donors (Lipinski definition) is 1. The van der Waals surface area contributed by atoms with E-state index >= 15 is 0 Å². The Balaban J connectivity index is 1.98. The van der Waals surface area contributed by atoms with E-state index in [9.17, 15) is 9.90 Å². The van der Waals surface area contributed by atoms with E-state index in [1.54, 1.807) is 29.2 Å². The van der Waals surface area contributed by atoms with Crippen LogP contribution < -0.4 is 0 Å². The van der Waals surface area contributed by atoms with E-state index in [1.807, 2.05) is 44.2 Å². The van der Waals surface area contributed by atoms with Gasteiger partial charge < -0.3 is 5.11 Å². The number of phenolic OH excluding ortho intramolecular Hbond substituents is 1. The normalized spacial score (nSPS) is 17.9. The fourth-order valence-electron chi connectivity index (χ4n) is 2.41. The lowest BCUT2D eigenvalue weighted by Crippen LogP contribution is -2.28. The molecule has 1 aliphatic heterocycles. The smallest absolute Gasteiger partial charge is 0.266 e. The first-order valence-electron chi connectivity index (χ1n) is 7.74. The molecule has 2 aromatic rings. The second kappa shape index (κ2) is 6.93. The fraction of sp³-hybridized carbons (Fsp3) is 0.158. The number of aryl methyl sites for hydroxylation is 1. The van der Waals surface area contributed by atoms with Gasteiger partial charge in [-0.3, -0.25) is 9.69 Å². The van der Waals surface area contributed by atoms with Crippen molar-refractivity contribution in [3.63, 3.8) is 0 Å². The Labute approximate surface area is 145 Å². The van der Waals surface area contributed by atoms with Crippen LogP contribution in [0.2, 0.25) is 0 Å². The molecule has 0 aliphatic carbocycles. The number of amidine groups is 1. The minimum atomic E-state index is -0.0851. The van der Waals surface area contributed by atoms with Crippen LogP contribution in [-0.2, 0) is 4.79 Å². The van der Waals surface area contributed by atoms with Gasteiger partial charge in [-0.2, -0.15) is 0 Å². The fourth-order valence-corrected chi connectivity index (χ4v) is 3.46. The van der Waals surface area contributed by atoms with Crippen LogP contribution in [-0.4, -0.2) is 27.6 Å². The molecule has 0 saturated carbocycles. The highest BCUT2D eigenvalue weighted by Gasteiger charge is 2.32. The summed E-state index contributed by atoms with van der Waals surface area (Å²) in [6.45, 7) is 4.47. The lowest BCUT2D eigenvalue weighted by Gasteiger charge is -2.12. The van der Waals surface area contributed by atoms with Crippen LogP contribution in [0.3, 0.4) is 0 Å². The highest BCUT2D eigenvalue weighted by atomic mass is 32.2. The molecule has 3 rings (SSSR count). The molecule has 5 heteroatoms. The van der Waals surface area contributed by atoms with Crippen molar-refractivity contribution in [3.05, 3.63) is 64.6 Å². The van der Waals surface area contributed by atoms with Crippen LogP contribution in [0.1, 0.15) is 18.1 Å². The molecule has 2 aromatic carbocycles. The molecular weight excluding hydrogens is 320 g/mol. The van der Waals surface area contributed by atoms with Crippen molar-refractivity contribution in [3.8, 4) is 5.75 Å². The molecule has 1 aliphatic rings. The second-order valence-electron chi connectivity index (χ2n) is 5.40. The van der Waals surface area contributed by atoms with Gasteiger partial charge in [0.1, 0.15) is 5.75 Å². The maximum atomic E-state index is 12.6. The molecule has 0 unspecified atom stereocenters. The summed E-state index contributed by atoms with van der Waals surface area (Å²) in [5.74, 6) is 0.0730. The van der Waals surface area contributed by atoms with Crippen LogP contribution in [0.4, 0.5) is 5.69 Å². The number of aromatic hydroxyl groups is 1. The Morgan fingerprint density at radius 3 is 2.58 bits per heavy atom. The van der Waals surface area contributed by atoms with Gasteiger partial charge in [0.15, 0.2) is 5.17 Å². The van der Waals surface area contributed by atoms with Crippen LogP contribution in [0, 0.1) is 6.92 Å². The molecule has 122 valence electrons. The average Bonchev–Trinajstić information content (AvgIpc) is 2.87. The van der Waals surface area contributed by atoms with Gasteiger partial charge in [-0.25, -0.2) is 4.99 Å². The van der Waals surface area contributed by atoms with Crippen molar-refractivity contribution in [1.29, 1.82) is 0 Å². The summed E-state index contributed by atoms with van der Waals surface area (Å²) in [5, 5.41) is 10.6. The Morgan fingerprint density at radius 1 is 1.17 bits per heavy atom. The standard InChI is InChI=1S/C19H18N2O2S/c1-3-21-18(23)17(12-14-9-5-7-11-16(14)22)24-19(21)20-15-10-6-4-8-13(15)2/h4-12,22H,3H2,1-2H3/b17-12+,20-19?. The van der Waals surface area contributed by atoms with Crippen LogP contribution in [0.25, 0.3) is 6.08 Å². The Morgan fingerprint density at radius 2 is 1.88 bits per heavy atom. The molecule has 0 atom stereocenters. The number of hydrogen-bond acceptors (Lipinski definition) is 4. The van der Waals surface area contributed by atoms with Crippen molar-refractivity contribution < 1.29 is 9.90 Å². The van der Waals surface area contributed by atoms with E-state index in [1.165, 1.54) is 11.8 Å². The maximum Gasteiger partial charge on any atom is 0.266 e. The molecular formula is C19H18N2O2S. The third kappa shape index (κ3) is 3.21. The molecule has 0 aromatic heterocycles. The van der Waals surface area contributed by atoms with E-state index in [4.69, 9.17) is 0 Å². The zero-order valence-corrected chi connectivity index (χ0v) is 14.4. The summed E-state index contributed by atoms with van der Waals surface area (Å²) in [6, 6.07) is 14.8. The van der Waals surface area contributed by atoms with Gasteiger partial charge in [0.25, 0.3) is 5.91 Å². The highest BCUT2D eigenvalue weighted by Crippen LogP contribution is 2.35. The lowest BCUT2D eigenvalue weighted by atomic mass is 10.2. The summed E-state index contributed by atoms with van der Waals surface area (Å²) < 4.78 is 0. The minimum absolute atomic E-state index is 0.0851. The van der Waals surface area contributed by atoms with Gasteiger partial charge in [0, 0.05) is 12.1 Å².